The number of para-hydroxylation sites is 1. The number of ketones is 1. The Labute approximate surface area is 126 Å². The van der Waals surface area contributed by atoms with E-state index in [0.717, 1.165) is 4.47 Å². The Morgan fingerprint density at radius 3 is 2.50 bits per heavy atom. The van der Waals surface area contributed by atoms with Gasteiger partial charge < -0.3 is 9.47 Å². The maximum Gasteiger partial charge on any atom is 0.200 e. The summed E-state index contributed by atoms with van der Waals surface area (Å²) in [7, 11) is 1.55. The Morgan fingerprint density at radius 2 is 1.80 bits per heavy atom. The van der Waals surface area contributed by atoms with Crippen LogP contribution in [0.3, 0.4) is 0 Å². The monoisotopic (exact) mass is 334 g/mol. The molecule has 0 bridgehead atoms. The highest BCUT2D eigenvalue weighted by molar-refractivity contribution is 9.10. The van der Waals surface area contributed by atoms with Gasteiger partial charge in [-0.2, -0.15) is 0 Å². The van der Waals surface area contributed by atoms with Gasteiger partial charge in [-0.1, -0.05) is 28.1 Å². The number of carbonyl (C=O) groups is 1. The molecule has 3 nitrogen and oxygen atoms in total. The van der Waals surface area contributed by atoms with E-state index in [1.165, 1.54) is 0 Å². The number of halogens is 1. The minimum absolute atomic E-state index is 0.113. The van der Waals surface area contributed by atoms with Crippen molar-refractivity contribution in [3.63, 3.8) is 0 Å². The first-order chi connectivity index (χ1) is 9.67. The third-order valence-electron chi connectivity index (χ3n) is 2.84. The van der Waals surface area contributed by atoms with Crippen molar-refractivity contribution >= 4 is 21.7 Å². The minimum Gasteiger partial charge on any atom is -0.496 e. The molecule has 4 heteroatoms. The Balaban J connectivity index is 2.46. The molecular formula is C16H15BrO3. The number of hydrogen-bond donors (Lipinski definition) is 0. The van der Waals surface area contributed by atoms with Gasteiger partial charge in [0.25, 0.3) is 0 Å². The van der Waals surface area contributed by atoms with Crippen LogP contribution in [0.5, 0.6) is 11.5 Å². The summed E-state index contributed by atoms with van der Waals surface area (Å²) in [5, 5.41) is 0. The second-order valence-corrected chi connectivity index (χ2v) is 5.02. The highest BCUT2D eigenvalue weighted by Crippen LogP contribution is 2.28. The first-order valence-corrected chi connectivity index (χ1v) is 7.06. The summed E-state index contributed by atoms with van der Waals surface area (Å²) >= 11 is 3.37. The van der Waals surface area contributed by atoms with Gasteiger partial charge in [0.2, 0.25) is 0 Å². The standard InChI is InChI=1S/C16H15BrO3/c1-3-20-14-7-5-4-6-12(14)16(18)13-9-8-11(17)10-15(13)19-2/h4-10H,3H2,1-2H3. The quantitative estimate of drug-likeness (QED) is 0.772. The molecule has 0 aliphatic heterocycles. The van der Waals surface area contributed by atoms with Crippen molar-refractivity contribution in [3.8, 4) is 11.5 Å². The van der Waals surface area contributed by atoms with Crippen LogP contribution in [0.2, 0.25) is 0 Å². The highest BCUT2D eigenvalue weighted by Gasteiger charge is 2.18. The molecule has 0 unspecified atom stereocenters. The van der Waals surface area contributed by atoms with Crippen LogP contribution in [0, 0.1) is 0 Å². The van der Waals surface area contributed by atoms with E-state index in [-0.39, 0.29) is 5.78 Å². The Kier molecular flexibility index (Phi) is 4.79. The summed E-state index contributed by atoms with van der Waals surface area (Å²) in [5.41, 5.74) is 1.05. The first-order valence-electron chi connectivity index (χ1n) is 6.27. The lowest BCUT2D eigenvalue weighted by Gasteiger charge is -2.11. The molecule has 0 aliphatic rings. The smallest absolute Gasteiger partial charge is 0.200 e. The third kappa shape index (κ3) is 3.02. The number of carbonyl (C=O) groups excluding carboxylic acids is 1. The molecule has 2 aromatic rings. The number of rotatable bonds is 5. The van der Waals surface area contributed by atoms with Crippen molar-refractivity contribution in [3.05, 3.63) is 58.1 Å². The summed E-state index contributed by atoms with van der Waals surface area (Å²) < 4.78 is 11.6. The fourth-order valence-corrected chi connectivity index (χ4v) is 2.27. The van der Waals surface area contributed by atoms with E-state index in [2.05, 4.69) is 15.9 Å². The molecule has 0 aliphatic carbocycles. The predicted molar refractivity (Wildman–Crippen MR) is 81.7 cm³/mol. The molecule has 0 atom stereocenters. The molecule has 0 N–H and O–H groups in total. The average Bonchev–Trinajstić information content (AvgIpc) is 2.47. The predicted octanol–water partition coefficient (Wildman–Crippen LogP) is 4.09. The lowest BCUT2D eigenvalue weighted by Crippen LogP contribution is -2.07. The van der Waals surface area contributed by atoms with E-state index >= 15 is 0 Å². The van der Waals surface area contributed by atoms with E-state index < -0.39 is 0 Å². The van der Waals surface area contributed by atoms with Crippen molar-refractivity contribution in [2.24, 2.45) is 0 Å². The zero-order chi connectivity index (χ0) is 14.5. The molecule has 0 saturated heterocycles. The number of methoxy groups -OCH3 is 1. The topological polar surface area (TPSA) is 35.5 Å². The number of hydrogen-bond acceptors (Lipinski definition) is 3. The fourth-order valence-electron chi connectivity index (χ4n) is 1.93. The van der Waals surface area contributed by atoms with Gasteiger partial charge in [-0.05, 0) is 37.3 Å². The molecule has 0 amide bonds. The van der Waals surface area contributed by atoms with Gasteiger partial charge in [-0.3, -0.25) is 4.79 Å². The summed E-state index contributed by atoms with van der Waals surface area (Å²) in [6.07, 6.45) is 0. The van der Waals surface area contributed by atoms with Crippen LogP contribution in [-0.2, 0) is 0 Å². The average molecular weight is 335 g/mol. The van der Waals surface area contributed by atoms with Gasteiger partial charge in [0.05, 0.1) is 24.8 Å². The van der Waals surface area contributed by atoms with E-state index in [4.69, 9.17) is 9.47 Å². The maximum atomic E-state index is 12.7. The van der Waals surface area contributed by atoms with Crippen LogP contribution in [0.25, 0.3) is 0 Å². The fraction of sp³-hybridized carbons (Fsp3) is 0.188. The van der Waals surface area contributed by atoms with Crippen LogP contribution in [0.15, 0.2) is 46.9 Å². The van der Waals surface area contributed by atoms with Crippen LogP contribution in [0.1, 0.15) is 22.8 Å². The third-order valence-corrected chi connectivity index (χ3v) is 3.33. The molecule has 104 valence electrons. The first kappa shape index (κ1) is 14.6. The molecule has 20 heavy (non-hydrogen) atoms. The zero-order valence-electron chi connectivity index (χ0n) is 11.4. The lowest BCUT2D eigenvalue weighted by atomic mass is 10.0. The normalized spacial score (nSPS) is 10.2. The summed E-state index contributed by atoms with van der Waals surface area (Å²) in [6, 6.07) is 12.6. The van der Waals surface area contributed by atoms with Gasteiger partial charge in [0.1, 0.15) is 11.5 Å². The molecule has 0 aromatic heterocycles. The van der Waals surface area contributed by atoms with Gasteiger partial charge in [0, 0.05) is 4.47 Å². The van der Waals surface area contributed by atoms with Gasteiger partial charge in [0.15, 0.2) is 5.78 Å². The molecule has 0 fully saturated rings. The SMILES string of the molecule is CCOc1ccccc1C(=O)c1ccc(Br)cc1OC. The van der Waals surface area contributed by atoms with Crippen molar-refractivity contribution in [1.82, 2.24) is 0 Å². The van der Waals surface area contributed by atoms with E-state index in [0.29, 0.717) is 29.2 Å². The van der Waals surface area contributed by atoms with Gasteiger partial charge in [-0.15, -0.1) is 0 Å². The molecule has 2 rings (SSSR count). The molecule has 2 aromatic carbocycles. The largest absolute Gasteiger partial charge is 0.496 e. The van der Waals surface area contributed by atoms with E-state index in [1.807, 2.05) is 25.1 Å². The van der Waals surface area contributed by atoms with Crippen LogP contribution < -0.4 is 9.47 Å². The summed E-state index contributed by atoms with van der Waals surface area (Å²) in [5.74, 6) is 1.01. The highest BCUT2D eigenvalue weighted by atomic mass is 79.9. The molecule has 0 heterocycles. The lowest BCUT2D eigenvalue weighted by molar-refractivity contribution is 0.103. The van der Waals surface area contributed by atoms with Gasteiger partial charge in [-0.25, -0.2) is 0 Å². The Bertz CT molecular complexity index is 623. The van der Waals surface area contributed by atoms with Crippen molar-refractivity contribution in [2.75, 3.05) is 13.7 Å². The molecule has 0 radical (unpaired) electrons. The second-order valence-electron chi connectivity index (χ2n) is 4.10. The second kappa shape index (κ2) is 6.57. The summed E-state index contributed by atoms with van der Waals surface area (Å²) in [6.45, 7) is 2.41. The van der Waals surface area contributed by atoms with Crippen LogP contribution in [0.4, 0.5) is 0 Å². The van der Waals surface area contributed by atoms with Crippen molar-refractivity contribution in [2.45, 2.75) is 6.92 Å². The van der Waals surface area contributed by atoms with E-state index in [1.54, 1.807) is 31.4 Å². The molecular weight excluding hydrogens is 320 g/mol. The number of benzene rings is 2. The zero-order valence-corrected chi connectivity index (χ0v) is 12.9. The number of ether oxygens (including phenoxy) is 2. The Hall–Kier alpha value is -1.81. The van der Waals surface area contributed by atoms with Crippen molar-refractivity contribution in [1.29, 1.82) is 0 Å². The van der Waals surface area contributed by atoms with Gasteiger partial charge >= 0.3 is 0 Å². The Morgan fingerprint density at radius 1 is 1.10 bits per heavy atom. The molecule has 0 saturated carbocycles. The van der Waals surface area contributed by atoms with Crippen LogP contribution >= 0.6 is 15.9 Å². The minimum atomic E-state index is -0.113. The van der Waals surface area contributed by atoms with Crippen molar-refractivity contribution < 1.29 is 14.3 Å². The molecule has 0 spiro atoms. The maximum absolute atomic E-state index is 12.7. The van der Waals surface area contributed by atoms with Crippen LogP contribution in [-0.4, -0.2) is 19.5 Å². The van der Waals surface area contributed by atoms with E-state index in [9.17, 15) is 4.79 Å². The summed E-state index contributed by atoms with van der Waals surface area (Å²) in [4.78, 5) is 12.7.